The zero-order valence-electron chi connectivity index (χ0n) is 12.2. The first-order chi connectivity index (χ1) is 10.1. The summed E-state index contributed by atoms with van der Waals surface area (Å²) in [5.74, 6) is -0.00423. The minimum atomic E-state index is -0.00423. The van der Waals surface area contributed by atoms with E-state index in [2.05, 4.69) is 24.3 Å². The van der Waals surface area contributed by atoms with Crippen LogP contribution >= 0.6 is 0 Å². The van der Waals surface area contributed by atoms with Crippen LogP contribution in [0.2, 0.25) is 0 Å². The average Bonchev–Trinajstić information content (AvgIpc) is 2.47. The van der Waals surface area contributed by atoms with Crippen LogP contribution in [0.5, 0.6) is 0 Å². The molecule has 0 amide bonds. The maximum atomic E-state index is 12.0. The molecule has 3 aromatic carbocycles. The van der Waals surface area contributed by atoms with E-state index in [0.29, 0.717) is 11.3 Å². The van der Waals surface area contributed by atoms with Gasteiger partial charge in [0.1, 0.15) is 0 Å². The first-order valence-electron chi connectivity index (χ1n) is 6.97. The number of carbonyl (C=O) groups excluding carboxylic acids is 1. The second-order valence-electron chi connectivity index (χ2n) is 5.31. The first-order valence-corrected chi connectivity index (χ1v) is 6.97. The van der Waals surface area contributed by atoms with Crippen molar-refractivity contribution in [1.29, 1.82) is 0 Å². The highest BCUT2D eigenvalue weighted by Crippen LogP contribution is 2.33. The number of rotatable bonds is 2. The van der Waals surface area contributed by atoms with Gasteiger partial charge in [0.2, 0.25) is 0 Å². The lowest BCUT2D eigenvalue weighted by atomic mass is 9.91. The molecule has 0 aliphatic rings. The van der Waals surface area contributed by atoms with Crippen LogP contribution in [0, 0.1) is 0 Å². The second kappa shape index (κ2) is 5.06. The molecule has 0 radical (unpaired) electrons. The molecule has 0 saturated carbocycles. The SMILES string of the molecule is CC(=O)/C(=C(\C)N)c1cc2ccccc2c2ccccc12. The number of fused-ring (bicyclic) bond motifs is 3. The fraction of sp³-hybridized carbons (Fsp3) is 0.105. The minimum Gasteiger partial charge on any atom is -0.402 e. The smallest absolute Gasteiger partial charge is 0.162 e. The van der Waals surface area contributed by atoms with E-state index in [4.69, 9.17) is 5.73 Å². The van der Waals surface area contributed by atoms with Gasteiger partial charge in [-0.05, 0) is 47.0 Å². The summed E-state index contributed by atoms with van der Waals surface area (Å²) < 4.78 is 0. The summed E-state index contributed by atoms with van der Waals surface area (Å²) in [6.07, 6.45) is 0. The highest BCUT2D eigenvalue weighted by atomic mass is 16.1. The maximum absolute atomic E-state index is 12.0. The lowest BCUT2D eigenvalue weighted by Gasteiger charge is -2.13. The van der Waals surface area contributed by atoms with Crippen LogP contribution in [-0.4, -0.2) is 5.78 Å². The molecule has 0 bridgehead atoms. The number of ketones is 1. The van der Waals surface area contributed by atoms with Crippen molar-refractivity contribution in [2.75, 3.05) is 0 Å². The van der Waals surface area contributed by atoms with Gasteiger partial charge in [0.15, 0.2) is 5.78 Å². The predicted octanol–water partition coefficient (Wildman–Crippen LogP) is 4.27. The Balaban J connectivity index is 2.52. The van der Waals surface area contributed by atoms with Crippen molar-refractivity contribution in [3.63, 3.8) is 0 Å². The Morgan fingerprint density at radius 2 is 1.43 bits per heavy atom. The fourth-order valence-electron chi connectivity index (χ4n) is 2.94. The minimum absolute atomic E-state index is 0.00423. The van der Waals surface area contributed by atoms with E-state index < -0.39 is 0 Å². The molecule has 3 rings (SSSR count). The third-order valence-corrected chi connectivity index (χ3v) is 3.78. The van der Waals surface area contributed by atoms with E-state index >= 15 is 0 Å². The van der Waals surface area contributed by atoms with Gasteiger partial charge in [-0.25, -0.2) is 0 Å². The molecule has 104 valence electrons. The Kier molecular flexibility index (Phi) is 3.22. The number of carbonyl (C=O) groups is 1. The molecule has 0 atom stereocenters. The van der Waals surface area contributed by atoms with Crippen molar-refractivity contribution in [2.45, 2.75) is 13.8 Å². The molecule has 0 fully saturated rings. The van der Waals surface area contributed by atoms with Crippen molar-refractivity contribution in [3.05, 3.63) is 65.9 Å². The van der Waals surface area contributed by atoms with Crippen LogP contribution in [0.15, 0.2) is 60.3 Å². The van der Waals surface area contributed by atoms with Crippen LogP contribution in [0.3, 0.4) is 0 Å². The normalized spacial score (nSPS) is 12.5. The highest BCUT2D eigenvalue weighted by Gasteiger charge is 2.15. The van der Waals surface area contributed by atoms with Gasteiger partial charge >= 0.3 is 0 Å². The standard InChI is InChI=1S/C19H17NO/c1-12(20)19(13(2)21)18-11-14-7-3-4-8-15(14)16-9-5-6-10-17(16)18/h3-11H,20H2,1-2H3/b19-12-. The van der Waals surface area contributed by atoms with Crippen LogP contribution in [0.1, 0.15) is 19.4 Å². The van der Waals surface area contributed by atoms with E-state index in [9.17, 15) is 4.79 Å². The number of allylic oxidation sites excluding steroid dienone is 2. The quantitative estimate of drug-likeness (QED) is 0.560. The molecule has 0 aliphatic carbocycles. The third kappa shape index (κ3) is 2.19. The van der Waals surface area contributed by atoms with Gasteiger partial charge < -0.3 is 5.73 Å². The number of nitrogens with two attached hydrogens (primary N) is 1. The molecule has 2 nitrogen and oxygen atoms in total. The zero-order chi connectivity index (χ0) is 15.0. The van der Waals surface area contributed by atoms with E-state index in [1.807, 2.05) is 30.3 Å². The third-order valence-electron chi connectivity index (χ3n) is 3.78. The van der Waals surface area contributed by atoms with E-state index in [1.54, 1.807) is 13.8 Å². The molecule has 0 aliphatic heterocycles. The Morgan fingerprint density at radius 3 is 2.05 bits per heavy atom. The van der Waals surface area contributed by atoms with E-state index in [1.165, 1.54) is 5.39 Å². The number of hydrogen-bond donors (Lipinski definition) is 1. The van der Waals surface area contributed by atoms with Crippen LogP contribution in [0.25, 0.3) is 27.1 Å². The summed E-state index contributed by atoms with van der Waals surface area (Å²) in [5.41, 5.74) is 8.04. The Labute approximate surface area is 123 Å². The summed E-state index contributed by atoms with van der Waals surface area (Å²) in [6.45, 7) is 3.34. The number of benzene rings is 3. The first kappa shape index (κ1) is 13.4. The predicted molar refractivity (Wildman–Crippen MR) is 88.9 cm³/mol. The molecule has 0 heterocycles. The summed E-state index contributed by atoms with van der Waals surface area (Å²) >= 11 is 0. The van der Waals surface area contributed by atoms with Gasteiger partial charge in [0, 0.05) is 11.3 Å². The summed E-state index contributed by atoms with van der Waals surface area (Å²) in [6, 6.07) is 18.4. The van der Waals surface area contributed by atoms with Gasteiger partial charge in [0.25, 0.3) is 0 Å². The Hall–Kier alpha value is -2.61. The second-order valence-corrected chi connectivity index (χ2v) is 5.31. The molecule has 2 heteroatoms. The van der Waals surface area contributed by atoms with Crippen molar-refractivity contribution in [2.24, 2.45) is 5.73 Å². The lowest BCUT2D eigenvalue weighted by molar-refractivity contribution is -0.111. The van der Waals surface area contributed by atoms with Crippen molar-refractivity contribution < 1.29 is 4.79 Å². The van der Waals surface area contributed by atoms with Crippen LogP contribution < -0.4 is 5.73 Å². The molecule has 0 aromatic heterocycles. The van der Waals surface area contributed by atoms with Gasteiger partial charge in [-0.3, -0.25) is 4.79 Å². The van der Waals surface area contributed by atoms with Crippen molar-refractivity contribution in [3.8, 4) is 0 Å². The van der Waals surface area contributed by atoms with Crippen LogP contribution in [-0.2, 0) is 4.79 Å². The van der Waals surface area contributed by atoms with Gasteiger partial charge in [0.05, 0.1) is 0 Å². The maximum Gasteiger partial charge on any atom is 0.162 e. The molecule has 0 unspecified atom stereocenters. The fourth-order valence-corrected chi connectivity index (χ4v) is 2.94. The summed E-state index contributed by atoms with van der Waals surface area (Å²) in [7, 11) is 0. The van der Waals surface area contributed by atoms with Gasteiger partial charge in [-0.2, -0.15) is 0 Å². The average molecular weight is 275 g/mol. The molecule has 0 saturated heterocycles. The van der Waals surface area contributed by atoms with Gasteiger partial charge in [-0.15, -0.1) is 0 Å². The molecule has 2 N–H and O–H groups in total. The van der Waals surface area contributed by atoms with E-state index in [-0.39, 0.29) is 5.78 Å². The molecular weight excluding hydrogens is 258 g/mol. The van der Waals surface area contributed by atoms with Crippen LogP contribution in [0.4, 0.5) is 0 Å². The largest absolute Gasteiger partial charge is 0.402 e. The molecule has 0 spiro atoms. The summed E-state index contributed by atoms with van der Waals surface area (Å²) in [4.78, 5) is 12.0. The number of Topliss-reactive ketones (excluding diaryl/α,β-unsaturated/α-hetero) is 1. The summed E-state index contributed by atoms with van der Waals surface area (Å²) in [5, 5.41) is 4.51. The molecule has 3 aromatic rings. The topological polar surface area (TPSA) is 43.1 Å². The Morgan fingerprint density at radius 1 is 0.857 bits per heavy atom. The van der Waals surface area contributed by atoms with E-state index in [0.717, 1.165) is 21.7 Å². The highest BCUT2D eigenvalue weighted by molar-refractivity contribution is 6.25. The monoisotopic (exact) mass is 275 g/mol. The Bertz CT molecular complexity index is 886. The zero-order valence-corrected chi connectivity index (χ0v) is 12.2. The van der Waals surface area contributed by atoms with Gasteiger partial charge in [-0.1, -0.05) is 48.5 Å². The number of hydrogen-bond acceptors (Lipinski definition) is 2. The lowest BCUT2D eigenvalue weighted by Crippen LogP contribution is -2.05. The molecule has 21 heavy (non-hydrogen) atoms. The van der Waals surface area contributed by atoms with Crippen molar-refractivity contribution >= 4 is 32.9 Å². The van der Waals surface area contributed by atoms with Crippen molar-refractivity contribution in [1.82, 2.24) is 0 Å². The molecular formula is C19H17NO.